The second-order valence-corrected chi connectivity index (χ2v) is 7.00. The van der Waals surface area contributed by atoms with Gasteiger partial charge in [-0.15, -0.1) is 0 Å². The van der Waals surface area contributed by atoms with Gasteiger partial charge in [0.25, 0.3) is 5.91 Å². The number of hydrogen-bond acceptors (Lipinski definition) is 4. The summed E-state index contributed by atoms with van der Waals surface area (Å²) in [6.07, 6.45) is 2.05. The zero-order valence-electron chi connectivity index (χ0n) is 16.5. The second-order valence-electron chi connectivity index (χ2n) is 7.00. The summed E-state index contributed by atoms with van der Waals surface area (Å²) in [4.78, 5) is 21.2. The Kier molecular flexibility index (Phi) is 5.24. The predicted molar refractivity (Wildman–Crippen MR) is 116 cm³/mol. The lowest BCUT2D eigenvalue weighted by molar-refractivity contribution is 0.0952. The third-order valence-corrected chi connectivity index (χ3v) is 4.70. The SMILES string of the molecule is Cc1cc(C)nc(Nc2ccc(C(=O)NCCn3ccc4ccccc43)cc2)n1. The Labute approximate surface area is 169 Å². The fourth-order valence-corrected chi connectivity index (χ4v) is 3.34. The van der Waals surface area contributed by atoms with Crippen molar-refractivity contribution in [3.8, 4) is 0 Å². The van der Waals surface area contributed by atoms with E-state index in [2.05, 4.69) is 43.4 Å². The molecule has 1 amide bonds. The van der Waals surface area contributed by atoms with Crippen molar-refractivity contribution in [2.45, 2.75) is 20.4 Å². The summed E-state index contributed by atoms with van der Waals surface area (Å²) in [5.74, 6) is 0.467. The molecule has 2 N–H and O–H groups in total. The largest absolute Gasteiger partial charge is 0.350 e. The van der Waals surface area contributed by atoms with Crippen molar-refractivity contribution in [1.29, 1.82) is 0 Å². The van der Waals surface area contributed by atoms with Crippen LogP contribution in [0.25, 0.3) is 10.9 Å². The van der Waals surface area contributed by atoms with Crippen LogP contribution in [-0.2, 0) is 6.54 Å². The number of aromatic nitrogens is 3. The van der Waals surface area contributed by atoms with E-state index in [1.54, 1.807) is 12.1 Å². The van der Waals surface area contributed by atoms with Gasteiger partial charge >= 0.3 is 0 Å². The molecule has 0 saturated heterocycles. The molecule has 0 unspecified atom stereocenters. The van der Waals surface area contributed by atoms with E-state index in [-0.39, 0.29) is 5.91 Å². The summed E-state index contributed by atoms with van der Waals surface area (Å²) in [7, 11) is 0. The smallest absolute Gasteiger partial charge is 0.251 e. The average molecular weight is 385 g/mol. The van der Waals surface area contributed by atoms with E-state index < -0.39 is 0 Å². The molecule has 0 bridgehead atoms. The van der Waals surface area contributed by atoms with Gasteiger partial charge in [0.15, 0.2) is 0 Å². The number of carbonyl (C=O) groups is 1. The molecule has 4 aromatic rings. The fourth-order valence-electron chi connectivity index (χ4n) is 3.34. The molecular weight excluding hydrogens is 362 g/mol. The third-order valence-electron chi connectivity index (χ3n) is 4.70. The Morgan fingerprint density at radius 1 is 0.966 bits per heavy atom. The third kappa shape index (κ3) is 4.43. The van der Waals surface area contributed by atoms with Crippen LogP contribution in [0.1, 0.15) is 21.7 Å². The maximum atomic E-state index is 12.4. The molecule has 0 aliphatic carbocycles. The highest BCUT2D eigenvalue weighted by Gasteiger charge is 2.07. The first kappa shape index (κ1) is 18.7. The van der Waals surface area contributed by atoms with Crippen LogP contribution < -0.4 is 10.6 Å². The number of carbonyl (C=O) groups excluding carboxylic acids is 1. The van der Waals surface area contributed by atoms with E-state index in [0.717, 1.165) is 23.6 Å². The van der Waals surface area contributed by atoms with Crippen LogP contribution in [0.5, 0.6) is 0 Å². The predicted octanol–water partition coefficient (Wildman–Crippen LogP) is 4.22. The number of nitrogens with zero attached hydrogens (tertiary/aromatic N) is 3. The number of benzene rings is 2. The molecule has 29 heavy (non-hydrogen) atoms. The Balaban J connectivity index is 1.34. The van der Waals surface area contributed by atoms with E-state index in [9.17, 15) is 4.79 Å². The van der Waals surface area contributed by atoms with Crippen LogP contribution in [0.3, 0.4) is 0 Å². The highest BCUT2D eigenvalue weighted by molar-refractivity contribution is 5.94. The quantitative estimate of drug-likeness (QED) is 0.521. The van der Waals surface area contributed by atoms with E-state index >= 15 is 0 Å². The summed E-state index contributed by atoms with van der Waals surface area (Å²) in [6.45, 7) is 5.16. The van der Waals surface area contributed by atoms with E-state index in [1.165, 1.54) is 10.9 Å². The molecule has 0 spiro atoms. The summed E-state index contributed by atoms with van der Waals surface area (Å²) in [5.41, 5.74) is 4.45. The molecule has 4 rings (SSSR count). The normalized spacial score (nSPS) is 10.8. The monoisotopic (exact) mass is 385 g/mol. The first-order valence-corrected chi connectivity index (χ1v) is 9.60. The minimum absolute atomic E-state index is 0.0874. The van der Waals surface area contributed by atoms with Crippen molar-refractivity contribution in [1.82, 2.24) is 19.9 Å². The number of aryl methyl sites for hydroxylation is 2. The topological polar surface area (TPSA) is 71.8 Å². The van der Waals surface area contributed by atoms with Crippen LogP contribution in [0.2, 0.25) is 0 Å². The Hall–Kier alpha value is -3.67. The van der Waals surface area contributed by atoms with Gasteiger partial charge in [0.05, 0.1) is 0 Å². The maximum absolute atomic E-state index is 12.4. The lowest BCUT2D eigenvalue weighted by Crippen LogP contribution is -2.27. The fraction of sp³-hybridized carbons (Fsp3) is 0.174. The molecule has 6 heteroatoms. The number of rotatable bonds is 6. The van der Waals surface area contributed by atoms with Crippen molar-refractivity contribution in [3.05, 3.63) is 83.8 Å². The molecule has 0 atom stereocenters. The molecule has 0 radical (unpaired) electrons. The molecule has 146 valence electrons. The molecule has 2 aromatic heterocycles. The van der Waals surface area contributed by atoms with E-state index in [4.69, 9.17) is 0 Å². The van der Waals surface area contributed by atoms with Gasteiger partial charge in [-0.05, 0) is 61.7 Å². The number of nitrogens with one attached hydrogen (secondary N) is 2. The summed E-state index contributed by atoms with van der Waals surface area (Å²) < 4.78 is 2.15. The Bertz CT molecular complexity index is 1130. The molecule has 2 aromatic carbocycles. The highest BCUT2D eigenvalue weighted by atomic mass is 16.1. The standard InChI is InChI=1S/C23H23N5O/c1-16-15-17(2)26-23(25-16)27-20-9-7-19(8-10-20)22(29)24-12-14-28-13-11-18-5-3-4-6-21(18)28/h3-11,13,15H,12,14H2,1-2H3,(H,24,29)(H,25,26,27). The van der Waals surface area contributed by atoms with Gasteiger partial charge in [0, 0.05) is 47.4 Å². The number of anilines is 2. The Morgan fingerprint density at radius 3 is 2.45 bits per heavy atom. The minimum Gasteiger partial charge on any atom is -0.350 e. The lowest BCUT2D eigenvalue weighted by Gasteiger charge is -2.09. The zero-order chi connectivity index (χ0) is 20.2. The number of hydrogen-bond donors (Lipinski definition) is 2. The molecule has 0 saturated carbocycles. The van der Waals surface area contributed by atoms with Crippen LogP contribution in [-0.4, -0.2) is 27.0 Å². The molecule has 6 nitrogen and oxygen atoms in total. The van der Waals surface area contributed by atoms with Gasteiger partial charge in [-0.1, -0.05) is 18.2 Å². The van der Waals surface area contributed by atoms with Crippen LogP contribution in [0, 0.1) is 13.8 Å². The van der Waals surface area contributed by atoms with Gasteiger partial charge < -0.3 is 15.2 Å². The summed E-state index contributed by atoms with van der Waals surface area (Å²) in [5, 5.41) is 7.36. The van der Waals surface area contributed by atoms with Crippen molar-refractivity contribution in [2.75, 3.05) is 11.9 Å². The van der Waals surface area contributed by atoms with Gasteiger partial charge in [-0.25, -0.2) is 9.97 Å². The number of amides is 1. The van der Waals surface area contributed by atoms with Gasteiger partial charge in [-0.2, -0.15) is 0 Å². The van der Waals surface area contributed by atoms with Crippen LogP contribution >= 0.6 is 0 Å². The van der Waals surface area contributed by atoms with E-state index in [0.29, 0.717) is 18.1 Å². The summed E-state index contributed by atoms with van der Waals surface area (Å²) in [6, 6.07) is 19.5. The van der Waals surface area contributed by atoms with E-state index in [1.807, 2.05) is 50.4 Å². The first-order chi connectivity index (χ1) is 14.1. The number of para-hydroxylation sites is 1. The van der Waals surface area contributed by atoms with Crippen molar-refractivity contribution < 1.29 is 4.79 Å². The molecular formula is C23H23N5O. The highest BCUT2D eigenvalue weighted by Crippen LogP contribution is 2.16. The van der Waals surface area contributed by atoms with Gasteiger partial charge in [0.1, 0.15) is 0 Å². The maximum Gasteiger partial charge on any atom is 0.251 e. The van der Waals surface area contributed by atoms with Crippen molar-refractivity contribution in [3.63, 3.8) is 0 Å². The van der Waals surface area contributed by atoms with Crippen molar-refractivity contribution in [2.24, 2.45) is 0 Å². The molecule has 0 fully saturated rings. The average Bonchev–Trinajstić information content (AvgIpc) is 3.11. The van der Waals surface area contributed by atoms with Crippen LogP contribution in [0.15, 0.2) is 66.9 Å². The van der Waals surface area contributed by atoms with Crippen molar-refractivity contribution >= 4 is 28.4 Å². The summed E-state index contributed by atoms with van der Waals surface area (Å²) >= 11 is 0. The van der Waals surface area contributed by atoms with Gasteiger partial charge in [0.2, 0.25) is 5.95 Å². The molecule has 2 heterocycles. The number of fused-ring (bicyclic) bond motifs is 1. The second kappa shape index (κ2) is 8.14. The zero-order valence-corrected chi connectivity index (χ0v) is 16.5. The van der Waals surface area contributed by atoms with Crippen LogP contribution in [0.4, 0.5) is 11.6 Å². The Morgan fingerprint density at radius 2 is 1.69 bits per heavy atom. The molecule has 0 aliphatic rings. The van der Waals surface area contributed by atoms with Gasteiger partial charge in [-0.3, -0.25) is 4.79 Å². The minimum atomic E-state index is -0.0874. The molecule has 0 aliphatic heterocycles. The first-order valence-electron chi connectivity index (χ1n) is 9.60. The lowest BCUT2D eigenvalue weighted by atomic mass is 10.2.